The van der Waals surface area contributed by atoms with E-state index in [1.54, 1.807) is 23.2 Å². The minimum Gasteiger partial charge on any atom is -0.454 e. The van der Waals surface area contributed by atoms with Crippen LogP contribution < -0.4 is 19.7 Å². The molecular weight excluding hydrogens is 475 g/mol. The highest BCUT2D eigenvalue weighted by molar-refractivity contribution is 6.30. The van der Waals surface area contributed by atoms with E-state index >= 15 is 0 Å². The van der Waals surface area contributed by atoms with Gasteiger partial charge in [-0.25, -0.2) is 9.37 Å². The van der Waals surface area contributed by atoms with Crippen LogP contribution in [0.15, 0.2) is 54.7 Å². The summed E-state index contributed by atoms with van der Waals surface area (Å²) in [7, 11) is 0. The van der Waals surface area contributed by atoms with Gasteiger partial charge in [-0.05, 0) is 48.0 Å². The first-order valence-corrected chi connectivity index (χ1v) is 11.5. The molecule has 0 aliphatic carbocycles. The zero-order valence-corrected chi connectivity index (χ0v) is 19.4. The lowest BCUT2D eigenvalue weighted by Gasteiger charge is -2.36. The van der Waals surface area contributed by atoms with Gasteiger partial charge in [-0.3, -0.25) is 9.59 Å². The number of hydrogen-bond acceptors (Lipinski definition) is 6. The van der Waals surface area contributed by atoms with Crippen molar-refractivity contribution in [2.24, 2.45) is 0 Å². The molecule has 10 heteroatoms. The predicted molar refractivity (Wildman–Crippen MR) is 127 cm³/mol. The normalized spacial score (nSPS) is 14.7. The van der Waals surface area contributed by atoms with Gasteiger partial charge in [0.2, 0.25) is 6.79 Å². The number of pyridine rings is 1. The van der Waals surface area contributed by atoms with Crippen LogP contribution in [-0.4, -0.2) is 54.7 Å². The number of carbonyl (C=O) groups is 2. The average molecular weight is 497 g/mol. The second-order valence-electron chi connectivity index (χ2n) is 8.15. The molecule has 1 fully saturated rings. The standard InChI is InChI=1S/C25H22ClFN4O4/c26-17-4-5-18(20(27)13-17)25(33)31-10-8-30(9-11-31)23-19(2-1-7-28-23)24(32)29-14-16-3-6-21-22(12-16)35-15-34-21/h1-7,12-13H,8-11,14-15H2,(H,29,32). The van der Waals surface area contributed by atoms with E-state index < -0.39 is 5.82 Å². The molecule has 0 spiro atoms. The van der Waals surface area contributed by atoms with Gasteiger partial charge in [0.25, 0.3) is 11.8 Å². The number of nitrogens with zero attached hydrogens (tertiary/aromatic N) is 3. The van der Waals surface area contributed by atoms with Gasteiger partial charge in [0.15, 0.2) is 11.5 Å². The molecule has 2 amide bonds. The summed E-state index contributed by atoms with van der Waals surface area (Å²) in [6.45, 7) is 2.17. The van der Waals surface area contributed by atoms with E-state index in [-0.39, 0.29) is 29.2 Å². The van der Waals surface area contributed by atoms with Crippen LogP contribution in [0.4, 0.5) is 10.2 Å². The summed E-state index contributed by atoms with van der Waals surface area (Å²) in [5.41, 5.74) is 1.32. The summed E-state index contributed by atoms with van der Waals surface area (Å²) in [6.07, 6.45) is 1.63. The number of piperazine rings is 1. The summed E-state index contributed by atoms with van der Waals surface area (Å²) in [5.74, 6) is 0.598. The number of carbonyl (C=O) groups excluding carboxylic acids is 2. The topological polar surface area (TPSA) is 84.0 Å². The number of hydrogen-bond donors (Lipinski definition) is 1. The summed E-state index contributed by atoms with van der Waals surface area (Å²) < 4.78 is 24.9. The predicted octanol–water partition coefficient (Wildman–Crippen LogP) is 3.50. The van der Waals surface area contributed by atoms with Crippen molar-refractivity contribution in [3.8, 4) is 11.5 Å². The summed E-state index contributed by atoms with van der Waals surface area (Å²) in [6, 6.07) is 13.0. The van der Waals surface area contributed by atoms with E-state index in [2.05, 4.69) is 10.3 Å². The van der Waals surface area contributed by atoms with Crippen molar-refractivity contribution in [1.29, 1.82) is 0 Å². The Morgan fingerprint density at radius 3 is 2.60 bits per heavy atom. The third kappa shape index (κ3) is 4.85. The molecule has 1 aromatic heterocycles. The lowest BCUT2D eigenvalue weighted by Crippen LogP contribution is -2.49. The fraction of sp³-hybridized carbons (Fsp3) is 0.240. The Morgan fingerprint density at radius 1 is 1.00 bits per heavy atom. The number of halogens is 2. The second kappa shape index (κ2) is 9.79. The molecule has 35 heavy (non-hydrogen) atoms. The maximum atomic E-state index is 14.2. The lowest BCUT2D eigenvalue weighted by molar-refractivity contribution is 0.0741. The third-order valence-corrected chi connectivity index (χ3v) is 6.18. The van der Waals surface area contributed by atoms with Gasteiger partial charge >= 0.3 is 0 Å². The molecule has 0 saturated carbocycles. The summed E-state index contributed by atoms with van der Waals surface area (Å²) in [4.78, 5) is 33.7. The number of nitrogens with one attached hydrogen (secondary N) is 1. The maximum Gasteiger partial charge on any atom is 0.256 e. The molecule has 2 aromatic carbocycles. The zero-order valence-electron chi connectivity index (χ0n) is 18.7. The van der Waals surface area contributed by atoms with Gasteiger partial charge in [0.05, 0.1) is 11.1 Å². The van der Waals surface area contributed by atoms with E-state index in [4.69, 9.17) is 21.1 Å². The van der Waals surface area contributed by atoms with Crippen LogP contribution in [-0.2, 0) is 6.54 Å². The third-order valence-electron chi connectivity index (χ3n) is 5.95. The van der Waals surface area contributed by atoms with Crippen molar-refractivity contribution in [2.75, 3.05) is 37.9 Å². The minimum atomic E-state index is -0.643. The quantitative estimate of drug-likeness (QED) is 0.582. The Hall–Kier alpha value is -3.85. The molecule has 8 nitrogen and oxygen atoms in total. The molecule has 1 N–H and O–H groups in total. The molecule has 2 aliphatic rings. The van der Waals surface area contributed by atoms with E-state index in [0.29, 0.717) is 55.6 Å². The fourth-order valence-corrected chi connectivity index (χ4v) is 4.27. The largest absolute Gasteiger partial charge is 0.454 e. The van der Waals surface area contributed by atoms with Gasteiger partial charge in [-0.2, -0.15) is 0 Å². The van der Waals surface area contributed by atoms with Crippen LogP contribution >= 0.6 is 11.6 Å². The highest BCUT2D eigenvalue weighted by Crippen LogP contribution is 2.32. The van der Waals surface area contributed by atoms with Gasteiger partial charge in [0.1, 0.15) is 11.6 Å². The van der Waals surface area contributed by atoms with Crippen LogP contribution in [0.5, 0.6) is 11.5 Å². The van der Waals surface area contributed by atoms with E-state index in [1.807, 2.05) is 23.1 Å². The Bertz CT molecular complexity index is 1280. The van der Waals surface area contributed by atoms with Crippen molar-refractivity contribution >= 4 is 29.2 Å². The van der Waals surface area contributed by atoms with E-state index in [0.717, 1.165) is 11.6 Å². The zero-order chi connectivity index (χ0) is 24.4. The molecule has 2 aliphatic heterocycles. The van der Waals surface area contributed by atoms with E-state index in [1.165, 1.54) is 12.1 Å². The smallest absolute Gasteiger partial charge is 0.256 e. The molecular formula is C25H22ClFN4O4. The monoisotopic (exact) mass is 496 g/mol. The van der Waals surface area contributed by atoms with Gasteiger partial charge < -0.3 is 24.6 Å². The second-order valence-corrected chi connectivity index (χ2v) is 8.58. The summed E-state index contributed by atoms with van der Waals surface area (Å²) in [5, 5.41) is 3.17. The van der Waals surface area contributed by atoms with Crippen molar-refractivity contribution in [3.63, 3.8) is 0 Å². The van der Waals surface area contributed by atoms with Crippen molar-refractivity contribution in [2.45, 2.75) is 6.54 Å². The maximum absolute atomic E-state index is 14.2. The number of amides is 2. The van der Waals surface area contributed by atoms with Crippen molar-refractivity contribution < 1.29 is 23.5 Å². The Balaban J connectivity index is 1.23. The number of fused-ring (bicyclic) bond motifs is 1. The highest BCUT2D eigenvalue weighted by atomic mass is 35.5. The summed E-state index contributed by atoms with van der Waals surface area (Å²) >= 11 is 5.79. The Kier molecular flexibility index (Phi) is 6.41. The fourth-order valence-electron chi connectivity index (χ4n) is 4.11. The van der Waals surface area contributed by atoms with Crippen molar-refractivity contribution in [1.82, 2.24) is 15.2 Å². The number of rotatable bonds is 5. The molecule has 0 bridgehead atoms. The number of ether oxygens (including phenoxy) is 2. The highest BCUT2D eigenvalue weighted by Gasteiger charge is 2.27. The van der Waals surface area contributed by atoms with E-state index in [9.17, 15) is 14.0 Å². The van der Waals surface area contributed by atoms with Gasteiger partial charge in [-0.15, -0.1) is 0 Å². The van der Waals surface area contributed by atoms with Gasteiger partial charge in [0, 0.05) is 43.9 Å². The number of anilines is 1. The first kappa shape index (κ1) is 22.9. The molecule has 3 heterocycles. The van der Waals surface area contributed by atoms with Crippen LogP contribution in [0.1, 0.15) is 26.3 Å². The Labute approximate surface area is 206 Å². The number of aromatic nitrogens is 1. The molecule has 0 radical (unpaired) electrons. The molecule has 180 valence electrons. The molecule has 0 unspecified atom stereocenters. The van der Waals surface area contributed by atoms with Crippen LogP contribution in [0.25, 0.3) is 0 Å². The van der Waals surface area contributed by atoms with Gasteiger partial charge in [-0.1, -0.05) is 17.7 Å². The molecule has 0 atom stereocenters. The van der Waals surface area contributed by atoms with Crippen LogP contribution in [0.2, 0.25) is 5.02 Å². The number of benzene rings is 2. The molecule has 1 saturated heterocycles. The van der Waals surface area contributed by atoms with Crippen LogP contribution in [0, 0.1) is 5.82 Å². The van der Waals surface area contributed by atoms with Crippen LogP contribution in [0.3, 0.4) is 0 Å². The first-order valence-electron chi connectivity index (χ1n) is 11.1. The lowest BCUT2D eigenvalue weighted by atomic mass is 10.1. The van der Waals surface area contributed by atoms with Crippen molar-refractivity contribution in [3.05, 3.63) is 82.3 Å². The Morgan fingerprint density at radius 2 is 1.80 bits per heavy atom. The molecule has 3 aromatic rings. The average Bonchev–Trinajstić information content (AvgIpc) is 3.35. The SMILES string of the molecule is O=C(NCc1ccc2c(c1)OCO2)c1cccnc1N1CCN(C(=O)c2ccc(Cl)cc2F)CC1. The minimum absolute atomic E-state index is 0.00993. The molecule has 5 rings (SSSR count). The first-order chi connectivity index (χ1) is 17.0.